The number of carbonyl (C=O) groups excluding carboxylic acids is 1. The average molecular weight is 390 g/mol. The molecule has 2 nitrogen and oxygen atoms in total. The van der Waals surface area contributed by atoms with Crippen molar-refractivity contribution in [1.82, 2.24) is 0 Å². The van der Waals surface area contributed by atoms with Crippen molar-refractivity contribution in [2.24, 2.45) is 0 Å². The molecule has 30 heavy (non-hydrogen) atoms. The summed E-state index contributed by atoms with van der Waals surface area (Å²) in [7, 11) is 0. The zero-order valence-corrected chi connectivity index (χ0v) is 16.5. The molecule has 0 saturated carbocycles. The Morgan fingerprint density at radius 2 is 0.967 bits per heavy atom. The van der Waals surface area contributed by atoms with Crippen LogP contribution in [0.3, 0.4) is 0 Å². The molecule has 0 aliphatic rings. The SMILES string of the molecule is O=C(c1ccccc1)C(O)c1ccccc1.c1ccc2c(c1)ccc1ccccc12. The van der Waals surface area contributed by atoms with E-state index in [9.17, 15) is 9.90 Å². The molecule has 2 heteroatoms. The Labute approximate surface area is 176 Å². The zero-order valence-electron chi connectivity index (χ0n) is 16.5. The summed E-state index contributed by atoms with van der Waals surface area (Å²) in [6.45, 7) is 0. The van der Waals surface area contributed by atoms with Gasteiger partial charge in [0, 0.05) is 5.56 Å². The van der Waals surface area contributed by atoms with Crippen LogP contribution in [0.15, 0.2) is 121 Å². The summed E-state index contributed by atoms with van der Waals surface area (Å²) < 4.78 is 0. The first kappa shape index (κ1) is 19.6. The van der Waals surface area contributed by atoms with Crippen LogP contribution in [0.25, 0.3) is 21.5 Å². The molecule has 5 rings (SSSR count). The third kappa shape index (κ3) is 4.29. The summed E-state index contributed by atoms with van der Waals surface area (Å²) >= 11 is 0. The first-order valence-electron chi connectivity index (χ1n) is 9.93. The Hall–Kier alpha value is -3.75. The van der Waals surface area contributed by atoms with Crippen molar-refractivity contribution in [3.8, 4) is 0 Å². The van der Waals surface area contributed by atoms with E-state index in [2.05, 4.69) is 60.7 Å². The number of benzene rings is 5. The largest absolute Gasteiger partial charge is 0.380 e. The third-order valence-corrected chi connectivity index (χ3v) is 5.08. The summed E-state index contributed by atoms with van der Waals surface area (Å²) in [5, 5.41) is 15.2. The molecule has 1 unspecified atom stereocenters. The molecular formula is C28H22O2. The maximum atomic E-state index is 11.9. The number of carbonyl (C=O) groups is 1. The number of rotatable bonds is 3. The lowest BCUT2D eigenvalue weighted by molar-refractivity contribution is 0.0747. The van der Waals surface area contributed by atoms with Gasteiger partial charge in [-0.15, -0.1) is 0 Å². The smallest absolute Gasteiger partial charge is 0.195 e. The summed E-state index contributed by atoms with van der Waals surface area (Å²) in [6.07, 6.45) is -1.08. The van der Waals surface area contributed by atoms with Gasteiger partial charge in [0.25, 0.3) is 0 Å². The van der Waals surface area contributed by atoms with Crippen molar-refractivity contribution in [3.05, 3.63) is 132 Å². The van der Waals surface area contributed by atoms with E-state index in [4.69, 9.17) is 0 Å². The first-order valence-corrected chi connectivity index (χ1v) is 9.93. The van der Waals surface area contributed by atoms with Crippen molar-refractivity contribution in [1.29, 1.82) is 0 Å². The van der Waals surface area contributed by atoms with Gasteiger partial charge in [-0.1, -0.05) is 121 Å². The molecular weight excluding hydrogens is 368 g/mol. The highest BCUT2D eigenvalue weighted by Gasteiger charge is 2.18. The molecule has 0 amide bonds. The standard InChI is InChI=1S/C14H12O2.C14H10/c15-13(11-7-3-1-4-8-11)14(16)12-9-5-2-6-10-12;1-3-7-13-11(5-1)9-10-12-6-2-4-8-14(12)13/h1-10,13,15H;1-10H. The van der Waals surface area contributed by atoms with Gasteiger partial charge in [-0.3, -0.25) is 4.79 Å². The lowest BCUT2D eigenvalue weighted by Crippen LogP contribution is -2.11. The predicted molar refractivity (Wildman–Crippen MR) is 124 cm³/mol. The average Bonchev–Trinajstić information content (AvgIpc) is 2.84. The summed E-state index contributed by atoms with van der Waals surface area (Å²) in [6, 6.07) is 39.1. The fourth-order valence-corrected chi connectivity index (χ4v) is 3.50. The molecule has 146 valence electrons. The molecule has 5 aromatic rings. The van der Waals surface area contributed by atoms with Crippen LogP contribution in [-0.4, -0.2) is 10.9 Å². The van der Waals surface area contributed by atoms with Gasteiger partial charge in [-0.2, -0.15) is 0 Å². The van der Waals surface area contributed by atoms with Crippen LogP contribution < -0.4 is 0 Å². The van der Waals surface area contributed by atoms with Gasteiger partial charge in [-0.25, -0.2) is 0 Å². The van der Waals surface area contributed by atoms with Crippen molar-refractivity contribution >= 4 is 27.3 Å². The van der Waals surface area contributed by atoms with Crippen molar-refractivity contribution < 1.29 is 9.90 Å². The molecule has 1 atom stereocenters. The summed E-state index contributed by atoms with van der Waals surface area (Å²) in [5.74, 6) is -0.271. The molecule has 1 N–H and O–H groups in total. The van der Waals surface area contributed by atoms with Gasteiger partial charge < -0.3 is 5.11 Å². The van der Waals surface area contributed by atoms with E-state index in [1.54, 1.807) is 48.5 Å². The molecule has 0 saturated heterocycles. The van der Waals surface area contributed by atoms with E-state index >= 15 is 0 Å². The lowest BCUT2D eigenvalue weighted by atomic mass is 10.0. The van der Waals surface area contributed by atoms with Gasteiger partial charge in [-0.05, 0) is 27.1 Å². The maximum Gasteiger partial charge on any atom is 0.195 e. The van der Waals surface area contributed by atoms with E-state index in [-0.39, 0.29) is 5.78 Å². The van der Waals surface area contributed by atoms with Crippen LogP contribution in [0.2, 0.25) is 0 Å². The molecule has 0 spiro atoms. The second kappa shape index (κ2) is 9.17. The quantitative estimate of drug-likeness (QED) is 0.278. The Morgan fingerprint density at radius 3 is 1.50 bits per heavy atom. The highest BCUT2D eigenvalue weighted by atomic mass is 16.3. The van der Waals surface area contributed by atoms with Crippen LogP contribution in [0, 0.1) is 0 Å². The van der Waals surface area contributed by atoms with Gasteiger partial charge in [0.2, 0.25) is 0 Å². The fourth-order valence-electron chi connectivity index (χ4n) is 3.50. The minimum absolute atomic E-state index is 0.271. The first-order chi connectivity index (χ1) is 14.7. The number of aliphatic hydroxyl groups is 1. The molecule has 0 fully saturated rings. The van der Waals surface area contributed by atoms with Gasteiger partial charge in [0.05, 0.1) is 0 Å². The Balaban J connectivity index is 0.000000146. The minimum Gasteiger partial charge on any atom is -0.380 e. The van der Waals surface area contributed by atoms with Crippen molar-refractivity contribution in [2.75, 3.05) is 0 Å². The van der Waals surface area contributed by atoms with Crippen LogP contribution >= 0.6 is 0 Å². The fraction of sp³-hybridized carbons (Fsp3) is 0.0357. The molecule has 0 aliphatic carbocycles. The molecule has 5 aromatic carbocycles. The van der Waals surface area contributed by atoms with E-state index < -0.39 is 6.10 Å². The highest BCUT2D eigenvalue weighted by molar-refractivity contribution is 6.07. The molecule has 0 heterocycles. The Bertz CT molecular complexity index is 1210. The van der Waals surface area contributed by atoms with E-state index in [0.29, 0.717) is 11.1 Å². The van der Waals surface area contributed by atoms with E-state index in [1.807, 2.05) is 12.1 Å². The topological polar surface area (TPSA) is 37.3 Å². The van der Waals surface area contributed by atoms with Crippen LogP contribution in [0.5, 0.6) is 0 Å². The number of hydrogen-bond donors (Lipinski definition) is 1. The van der Waals surface area contributed by atoms with Crippen molar-refractivity contribution in [3.63, 3.8) is 0 Å². The zero-order chi connectivity index (χ0) is 20.8. The van der Waals surface area contributed by atoms with E-state index in [0.717, 1.165) is 0 Å². The minimum atomic E-state index is -1.08. The second-order valence-electron chi connectivity index (χ2n) is 7.05. The van der Waals surface area contributed by atoms with Crippen LogP contribution in [0.1, 0.15) is 22.0 Å². The molecule has 0 radical (unpaired) electrons. The monoisotopic (exact) mass is 390 g/mol. The van der Waals surface area contributed by atoms with Crippen LogP contribution in [-0.2, 0) is 0 Å². The molecule has 0 bridgehead atoms. The Kier molecular flexibility index (Phi) is 5.98. The lowest BCUT2D eigenvalue weighted by Gasteiger charge is -2.09. The number of ketones is 1. The van der Waals surface area contributed by atoms with Gasteiger partial charge in [0.1, 0.15) is 6.10 Å². The second-order valence-corrected chi connectivity index (χ2v) is 7.05. The number of fused-ring (bicyclic) bond motifs is 3. The van der Waals surface area contributed by atoms with E-state index in [1.165, 1.54) is 21.5 Å². The third-order valence-electron chi connectivity index (χ3n) is 5.08. The number of Topliss-reactive ketones (excluding diaryl/α,β-unsaturated/α-hetero) is 1. The number of aliphatic hydroxyl groups excluding tert-OH is 1. The highest BCUT2D eigenvalue weighted by Crippen LogP contribution is 2.24. The molecule has 0 aliphatic heterocycles. The van der Waals surface area contributed by atoms with Crippen LogP contribution in [0.4, 0.5) is 0 Å². The summed E-state index contributed by atoms with van der Waals surface area (Å²) in [5.41, 5.74) is 1.15. The maximum absolute atomic E-state index is 11.9. The normalized spacial score (nSPS) is 11.5. The van der Waals surface area contributed by atoms with Crippen molar-refractivity contribution in [2.45, 2.75) is 6.10 Å². The Morgan fingerprint density at radius 1 is 0.533 bits per heavy atom. The molecule has 0 aromatic heterocycles. The van der Waals surface area contributed by atoms with Gasteiger partial charge in [0.15, 0.2) is 5.78 Å². The predicted octanol–water partition coefficient (Wildman–Crippen LogP) is 6.60. The summed E-state index contributed by atoms with van der Waals surface area (Å²) in [4.78, 5) is 11.9. The number of hydrogen-bond acceptors (Lipinski definition) is 2. The van der Waals surface area contributed by atoms with Gasteiger partial charge >= 0.3 is 0 Å².